The topological polar surface area (TPSA) is 86.8 Å². The fraction of sp³-hybridized carbons (Fsp3) is 0.310. The number of halogens is 1. The lowest BCUT2D eigenvalue weighted by Crippen LogP contribution is -2.53. The monoisotopic (exact) mass is 539 g/mol. The molecule has 0 bridgehead atoms. The molecule has 3 rings (SSSR count). The minimum atomic E-state index is -4.31. The second-order valence-corrected chi connectivity index (χ2v) is 11.2. The molecule has 0 spiro atoms. The van der Waals surface area contributed by atoms with Crippen molar-refractivity contribution in [2.24, 2.45) is 0 Å². The van der Waals surface area contributed by atoms with E-state index < -0.39 is 34.3 Å². The lowest BCUT2D eigenvalue weighted by molar-refractivity contribution is -0.140. The first-order valence-electron chi connectivity index (χ1n) is 12.5. The number of para-hydroxylation sites is 1. The molecule has 0 aliphatic heterocycles. The zero-order valence-corrected chi connectivity index (χ0v) is 22.9. The molecule has 0 saturated carbocycles. The number of amides is 2. The third-order valence-corrected chi connectivity index (χ3v) is 7.80. The molecule has 38 heavy (non-hydrogen) atoms. The van der Waals surface area contributed by atoms with Crippen molar-refractivity contribution in [3.05, 3.63) is 95.8 Å². The first-order chi connectivity index (χ1) is 18.0. The number of sulfonamides is 1. The van der Waals surface area contributed by atoms with Gasteiger partial charge in [0, 0.05) is 12.6 Å². The van der Waals surface area contributed by atoms with Gasteiger partial charge in [0.1, 0.15) is 18.4 Å². The number of hydrogen-bond acceptors (Lipinski definition) is 4. The molecule has 2 amide bonds. The number of carbonyl (C=O) groups is 2. The van der Waals surface area contributed by atoms with E-state index in [1.807, 2.05) is 45.0 Å². The largest absolute Gasteiger partial charge is 0.352 e. The molecule has 0 radical (unpaired) electrons. The summed E-state index contributed by atoms with van der Waals surface area (Å²) in [4.78, 5) is 28.3. The molecule has 1 N–H and O–H groups in total. The van der Waals surface area contributed by atoms with E-state index in [1.54, 1.807) is 25.1 Å². The Labute approximate surface area is 224 Å². The molecular formula is C29H34FN3O4S. The highest BCUT2D eigenvalue weighted by atomic mass is 32.2. The van der Waals surface area contributed by atoms with Gasteiger partial charge in [-0.15, -0.1) is 0 Å². The molecule has 1 atom stereocenters. The van der Waals surface area contributed by atoms with E-state index in [1.165, 1.54) is 35.2 Å². The minimum Gasteiger partial charge on any atom is -0.352 e. The molecule has 3 aromatic carbocycles. The zero-order valence-electron chi connectivity index (χ0n) is 22.1. The van der Waals surface area contributed by atoms with Crippen LogP contribution in [0.3, 0.4) is 0 Å². The average Bonchev–Trinajstić information content (AvgIpc) is 2.88. The average molecular weight is 540 g/mol. The fourth-order valence-corrected chi connectivity index (χ4v) is 5.52. The van der Waals surface area contributed by atoms with Crippen LogP contribution in [0.5, 0.6) is 0 Å². The molecule has 3 aromatic rings. The molecule has 0 aliphatic rings. The molecule has 0 heterocycles. The predicted molar refractivity (Wildman–Crippen MR) is 146 cm³/mol. The van der Waals surface area contributed by atoms with E-state index in [0.29, 0.717) is 6.42 Å². The summed E-state index contributed by atoms with van der Waals surface area (Å²) in [5, 5.41) is 2.85. The molecule has 0 fully saturated rings. The second-order valence-electron chi connectivity index (χ2n) is 9.37. The summed E-state index contributed by atoms with van der Waals surface area (Å²) in [5.41, 5.74) is 1.57. The summed E-state index contributed by atoms with van der Waals surface area (Å²) in [6.45, 7) is 6.77. The highest BCUT2D eigenvalue weighted by Gasteiger charge is 2.34. The lowest BCUT2D eigenvalue weighted by atomic mass is 10.1. The Morgan fingerprint density at radius 1 is 0.921 bits per heavy atom. The van der Waals surface area contributed by atoms with Crippen molar-refractivity contribution >= 4 is 27.5 Å². The van der Waals surface area contributed by atoms with Gasteiger partial charge in [-0.05, 0) is 57.0 Å². The van der Waals surface area contributed by atoms with Crippen LogP contribution < -0.4 is 9.62 Å². The summed E-state index contributed by atoms with van der Waals surface area (Å²) in [5.74, 6) is -1.75. The standard InChI is InChI=1S/C29H34FN3O4S/c1-5-26(29(35)31-21(2)3)32(19-23-17-15-22(4)16-18-23)28(34)20-33(27-14-10-9-13-25(27)30)38(36,37)24-11-7-6-8-12-24/h6-18,21,26H,5,19-20H2,1-4H3,(H,31,35)/t26-/m0/s1. The van der Waals surface area contributed by atoms with Gasteiger partial charge in [0.25, 0.3) is 10.0 Å². The predicted octanol–water partition coefficient (Wildman–Crippen LogP) is 4.66. The van der Waals surface area contributed by atoms with Gasteiger partial charge in [-0.1, -0.05) is 67.1 Å². The second kappa shape index (κ2) is 12.7. The van der Waals surface area contributed by atoms with Crippen LogP contribution in [0.1, 0.15) is 38.3 Å². The molecule has 0 saturated heterocycles. The third-order valence-electron chi connectivity index (χ3n) is 6.02. The van der Waals surface area contributed by atoms with E-state index in [-0.39, 0.29) is 29.1 Å². The number of nitrogens with one attached hydrogen (secondary N) is 1. The van der Waals surface area contributed by atoms with Crippen molar-refractivity contribution < 1.29 is 22.4 Å². The minimum absolute atomic E-state index is 0.0780. The Hall–Kier alpha value is -3.72. The van der Waals surface area contributed by atoms with Crippen LogP contribution in [0.2, 0.25) is 0 Å². The van der Waals surface area contributed by atoms with E-state index in [2.05, 4.69) is 5.32 Å². The number of carbonyl (C=O) groups excluding carboxylic acids is 2. The zero-order chi connectivity index (χ0) is 27.9. The van der Waals surface area contributed by atoms with Crippen molar-refractivity contribution in [3.8, 4) is 0 Å². The van der Waals surface area contributed by atoms with E-state index in [9.17, 15) is 22.4 Å². The van der Waals surface area contributed by atoms with Crippen molar-refractivity contribution in [2.75, 3.05) is 10.8 Å². The molecule has 202 valence electrons. The van der Waals surface area contributed by atoms with Crippen LogP contribution in [-0.2, 0) is 26.2 Å². The summed E-state index contributed by atoms with van der Waals surface area (Å²) in [6, 6.07) is 19.5. The molecule has 9 heteroatoms. The maximum Gasteiger partial charge on any atom is 0.264 e. The van der Waals surface area contributed by atoms with Gasteiger partial charge in [-0.25, -0.2) is 12.8 Å². The Bertz CT molecular complexity index is 1350. The van der Waals surface area contributed by atoms with Crippen LogP contribution in [0.15, 0.2) is 83.8 Å². The number of anilines is 1. The lowest BCUT2D eigenvalue weighted by Gasteiger charge is -2.33. The van der Waals surface area contributed by atoms with Crippen LogP contribution >= 0.6 is 0 Å². The van der Waals surface area contributed by atoms with Gasteiger partial charge in [0.2, 0.25) is 11.8 Å². The number of aryl methyl sites for hydroxylation is 1. The Morgan fingerprint density at radius 3 is 2.11 bits per heavy atom. The Kier molecular flexibility index (Phi) is 9.63. The summed E-state index contributed by atoms with van der Waals surface area (Å²) < 4.78 is 43.0. The van der Waals surface area contributed by atoms with Crippen LogP contribution in [0.4, 0.5) is 10.1 Å². The first-order valence-corrected chi connectivity index (χ1v) is 14.0. The van der Waals surface area contributed by atoms with Crippen molar-refractivity contribution in [1.29, 1.82) is 0 Å². The van der Waals surface area contributed by atoms with E-state index in [0.717, 1.165) is 21.5 Å². The van der Waals surface area contributed by atoms with Crippen LogP contribution in [-0.4, -0.2) is 43.8 Å². The SMILES string of the molecule is CC[C@@H](C(=O)NC(C)C)N(Cc1ccc(C)cc1)C(=O)CN(c1ccccc1F)S(=O)(=O)c1ccccc1. The third kappa shape index (κ3) is 6.98. The van der Waals surface area contributed by atoms with Crippen LogP contribution in [0.25, 0.3) is 0 Å². The quantitative estimate of drug-likeness (QED) is 0.384. The molecular weight excluding hydrogens is 505 g/mol. The van der Waals surface area contributed by atoms with E-state index in [4.69, 9.17) is 0 Å². The first kappa shape index (κ1) is 28.8. The molecule has 0 aromatic heterocycles. The number of rotatable bonds is 11. The normalized spacial score (nSPS) is 12.2. The highest BCUT2D eigenvalue weighted by molar-refractivity contribution is 7.92. The van der Waals surface area contributed by atoms with E-state index >= 15 is 0 Å². The van der Waals surface area contributed by atoms with Gasteiger partial charge in [0.15, 0.2) is 0 Å². The summed E-state index contributed by atoms with van der Waals surface area (Å²) >= 11 is 0. The Morgan fingerprint density at radius 2 is 1.53 bits per heavy atom. The van der Waals surface area contributed by atoms with Crippen molar-refractivity contribution in [3.63, 3.8) is 0 Å². The van der Waals surface area contributed by atoms with Crippen molar-refractivity contribution in [2.45, 2.75) is 57.6 Å². The number of benzene rings is 3. The number of hydrogen-bond donors (Lipinski definition) is 1. The molecule has 0 unspecified atom stereocenters. The van der Waals surface area contributed by atoms with Crippen LogP contribution in [0, 0.1) is 12.7 Å². The van der Waals surface area contributed by atoms with Crippen molar-refractivity contribution in [1.82, 2.24) is 10.2 Å². The number of nitrogens with zero attached hydrogens (tertiary/aromatic N) is 2. The van der Waals surface area contributed by atoms with Gasteiger partial charge in [0.05, 0.1) is 10.6 Å². The summed E-state index contributed by atoms with van der Waals surface area (Å²) in [6.07, 6.45) is 0.307. The maximum atomic E-state index is 14.9. The smallest absolute Gasteiger partial charge is 0.264 e. The van der Waals surface area contributed by atoms with Gasteiger partial charge in [-0.2, -0.15) is 0 Å². The van der Waals surface area contributed by atoms with Gasteiger partial charge >= 0.3 is 0 Å². The highest BCUT2D eigenvalue weighted by Crippen LogP contribution is 2.27. The maximum absolute atomic E-state index is 14.9. The summed E-state index contributed by atoms with van der Waals surface area (Å²) in [7, 11) is -4.31. The van der Waals surface area contributed by atoms with Gasteiger partial charge in [-0.3, -0.25) is 13.9 Å². The molecule has 0 aliphatic carbocycles. The fourth-order valence-electron chi connectivity index (χ4n) is 4.08. The molecule has 7 nitrogen and oxygen atoms in total. The van der Waals surface area contributed by atoms with Gasteiger partial charge < -0.3 is 10.2 Å². The Balaban J connectivity index is 2.06.